The van der Waals surface area contributed by atoms with Crippen LogP contribution in [-0.4, -0.2) is 28.9 Å². The van der Waals surface area contributed by atoms with Crippen LogP contribution < -0.4 is 0 Å². The normalized spacial score (nSPS) is 16.1. The van der Waals surface area contributed by atoms with Crippen LogP contribution in [0.15, 0.2) is 23.8 Å². The molecule has 1 aromatic rings. The van der Waals surface area contributed by atoms with E-state index < -0.39 is 0 Å². The van der Waals surface area contributed by atoms with Crippen LogP contribution in [0.4, 0.5) is 0 Å². The van der Waals surface area contributed by atoms with Gasteiger partial charge in [0.15, 0.2) is 0 Å². The summed E-state index contributed by atoms with van der Waals surface area (Å²) >= 11 is 11.7. The van der Waals surface area contributed by atoms with Crippen molar-refractivity contribution in [3.05, 3.63) is 39.7 Å². The van der Waals surface area contributed by atoms with Crippen molar-refractivity contribution >= 4 is 29.1 Å². The lowest BCUT2D eigenvalue weighted by Crippen LogP contribution is -2.36. The molecular weight excluding hydrogens is 295 g/mol. The number of hydrogen-bond acceptors (Lipinski definition) is 2. The van der Waals surface area contributed by atoms with Crippen molar-refractivity contribution in [3.8, 4) is 0 Å². The number of hydrogen-bond donors (Lipinski definition) is 0. The summed E-state index contributed by atoms with van der Waals surface area (Å²) in [5.74, 6) is -0.0552. The summed E-state index contributed by atoms with van der Waals surface area (Å²) in [6.45, 7) is 7.93. The topological polar surface area (TPSA) is 33.2 Å². The standard InChI is InChI=1S/C15H18Cl2N2O/c1-15(2,3)11-4-6-19(7-5-11)14(20)10-8-12(16)18-13(17)9-10/h4,8-9H,5-7H2,1-3H3. The number of carbonyl (C=O) groups excluding carboxylic acids is 1. The Kier molecular flexibility index (Phi) is 4.40. The first-order valence-corrected chi connectivity index (χ1v) is 7.35. The Morgan fingerprint density at radius 3 is 2.30 bits per heavy atom. The highest BCUT2D eigenvalue weighted by atomic mass is 35.5. The van der Waals surface area contributed by atoms with Crippen molar-refractivity contribution in [2.45, 2.75) is 27.2 Å². The van der Waals surface area contributed by atoms with Crippen LogP contribution in [0.5, 0.6) is 0 Å². The molecule has 1 aliphatic heterocycles. The summed E-state index contributed by atoms with van der Waals surface area (Å²) in [5, 5.41) is 0.479. The number of rotatable bonds is 1. The minimum Gasteiger partial charge on any atom is -0.335 e. The molecule has 0 radical (unpaired) electrons. The molecule has 0 aliphatic carbocycles. The maximum absolute atomic E-state index is 12.4. The lowest BCUT2D eigenvalue weighted by Gasteiger charge is -2.32. The van der Waals surface area contributed by atoms with Crippen LogP contribution in [0.25, 0.3) is 0 Å². The number of halogens is 2. The van der Waals surface area contributed by atoms with E-state index in [0.29, 0.717) is 12.1 Å². The molecule has 0 N–H and O–H groups in total. The van der Waals surface area contributed by atoms with E-state index in [0.717, 1.165) is 13.0 Å². The Morgan fingerprint density at radius 2 is 1.85 bits per heavy atom. The molecule has 0 fully saturated rings. The second-order valence-corrected chi connectivity index (χ2v) is 6.76. The lowest BCUT2D eigenvalue weighted by molar-refractivity contribution is 0.0765. The first-order chi connectivity index (χ1) is 9.27. The predicted molar refractivity (Wildman–Crippen MR) is 82.3 cm³/mol. The molecule has 3 nitrogen and oxygen atoms in total. The Labute approximate surface area is 129 Å². The third-order valence-corrected chi connectivity index (χ3v) is 3.86. The van der Waals surface area contributed by atoms with E-state index in [9.17, 15) is 4.79 Å². The molecule has 1 aromatic heterocycles. The molecule has 0 atom stereocenters. The molecule has 1 aliphatic rings. The van der Waals surface area contributed by atoms with E-state index in [1.54, 1.807) is 17.0 Å². The molecule has 0 aromatic carbocycles. The van der Waals surface area contributed by atoms with Gasteiger partial charge in [-0.25, -0.2) is 4.98 Å². The van der Waals surface area contributed by atoms with E-state index in [1.165, 1.54) is 5.57 Å². The van der Waals surface area contributed by atoms with Gasteiger partial charge in [-0.2, -0.15) is 0 Å². The molecule has 108 valence electrons. The molecule has 0 saturated heterocycles. The molecule has 2 rings (SSSR count). The van der Waals surface area contributed by atoms with E-state index in [4.69, 9.17) is 23.2 Å². The summed E-state index contributed by atoms with van der Waals surface area (Å²) in [7, 11) is 0. The molecule has 2 heterocycles. The largest absolute Gasteiger partial charge is 0.335 e. The highest BCUT2D eigenvalue weighted by Gasteiger charge is 2.24. The molecule has 1 amide bonds. The number of amides is 1. The van der Waals surface area contributed by atoms with Gasteiger partial charge in [0.2, 0.25) is 0 Å². The first kappa shape index (κ1) is 15.3. The molecule has 0 saturated carbocycles. The number of aromatic nitrogens is 1. The molecule has 20 heavy (non-hydrogen) atoms. The fourth-order valence-corrected chi connectivity index (χ4v) is 2.77. The van der Waals surface area contributed by atoms with Gasteiger partial charge in [-0.3, -0.25) is 4.79 Å². The zero-order chi connectivity index (χ0) is 14.9. The summed E-state index contributed by atoms with van der Waals surface area (Å²) in [6, 6.07) is 3.11. The van der Waals surface area contributed by atoms with Gasteiger partial charge in [0, 0.05) is 18.7 Å². The first-order valence-electron chi connectivity index (χ1n) is 6.59. The Balaban J connectivity index is 2.14. The zero-order valence-electron chi connectivity index (χ0n) is 11.9. The molecule has 0 bridgehead atoms. The average Bonchev–Trinajstić information content (AvgIpc) is 2.36. The summed E-state index contributed by atoms with van der Waals surface area (Å²) in [6.07, 6.45) is 3.05. The molecule has 5 heteroatoms. The number of pyridine rings is 1. The van der Waals surface area contributed by atoms with Gasteiger partial charge < -0.3 is 4.90 Å². The molecule has 0 spiro atoms. The molecule has 0 unspecified atom stereocenters. The van der Waals surface area contributed by atoms with Gasteiger partial charge in [0.05, 0.1) is 0 Å². The van der Waals surface area contributed by atoms with Crippen LogP contribution in [0.2, 0.25) is 10.3 Å². The van der Waals surface area contributed by atoms with Gasteiger partial charge in [0.1, 0.15) is 10.3 Å². The van der Waals surface area contributed by atoms with Gasteiger partial charge in [-0.15, -0.1) is 0 Å². The van der Waals surface area contributed by atoms with Gasteiger partial charge in [-0.1, -0.05) is 55.6 Å². The Hall–Kier alpha value is -1.06. The van der Waals surface area contributed by atoms with Gasteiger partial charge in [-0.05, 0) is 24.0 Å². The summed E-state index contributed by atoms with van der Waals surface area (Å²) in [5.41, 5.74) is 2.05. The fraction of sp³-hybridized carbons (Fsp3) is 0.467. The summed E-state index contributed by atoms with van der Waals surface area (Å²) in [4.78, 5) is 18.1. The lowest BCUT2D eigenvalue weighted by atomic mass is 9.83. The Morgan fingerprint density at radius 1 is 1.25 bits per heavy atom. The number of carbonyl (C=O) groups is 1. The van der Waals surface area contributed by atoms with Gasteiger partial charge >= 0.3 is 0 Å². The van der Waals surface area contributed by atoms with Crippen LogP contribution >= 0.6 is 23.2 Å². The maximum atomic E-state index is 12.4. The summed E-state index contributed by atoms with van der Waals surface area (Å²) < 4.78 is 0. The van der Waals surface area contributed by atoms with Crippen molar-refractivity contribution in [2.75, 3.05) is 13.1 Å². The Bertz CT molecular complexity index is 541. The van der Waals surface area contributed by atoms with Crippen molar-refractivity contribution < 1.29 is 4.79 Å². The number of nitrogens with zero attached hydrogens (tertiary/aromatic N) is 2. The van der Waals surface area contributed by atoms with E-state index in [1.807, 2.05) is 0 Å². The highest BCUT2D eigenvalue weighted by molar-refractivity contribution is 6.33. The quantitative estimate of drug-likeness (QED) is 0.575. The van der Waals surface area contributed by atoms with Crippen LogP contribution in [-0.2, 0) is 0 Å². The average molecular weight is 313 g/mol. The minimum absolute atomic E-state index is 0.0552. The van der Waals surface area contributed by atoms with Crippen molar-refractivity contribution in [2.24, 2.45) is 5.41 Å². The van der Waals surface area contributed by atoms with E-state index >= 15 is 0 Å². The zero-order valence-corrected chi connectivity index (χ0v) is 13.4. The third-order valence-electron chi connectivity index (χ3n) is 3.47. The smallest absolute Gasteiger partial charge is 0.254 e. The second-order valence-electron chi connectivity index (χ2n) is 5.98. The predicted octanol–water partition coefficient (Wildman–Crippen LogP) is 4.21. The maximum Gasteiger partial charge on any atom is 0.254 e. The second kappa shape index (κ2) is 5.74. The van der Waals surface area contributed by atoms with Crippen LogP contribution in [0, 0.1) is 5.41 Å². The van der Waals surface area contributed by atoms with E-state index in [2.05, 4.69) is 31.8 Å². The van der Waals surface area contributed by atoms with Gasteiger partial charge in [0.25, 0.3) is 5.91 Å². The SMILES string of the molecule is CC(C)(C)C1=CCN(C(=O)c2cc(Cl)nc(Cl)c2)CC1. The van der Waals surface area contributed by atoms with Crippen molar-refractivity contribution in [1.82, 2.24) is 9.88 Å². The van der Waals surface area contributed by atoms with Crippen molar-refractivity contribution in [1.29, 1.82) is 0 Å². The minimum atomic E-state index is -0.0552. The van der Waals surface area contributed by atoms with Crippen LogP contribution in [0.3, 0.4) is 0 Å². The molecular formula is C15H18Cl2N2O. The highest BCUT2D eigenvalue weighted by Crippen LogP contribution is 2.30. The van der Waals surface area contributed by atoms with Crippen molar-refractivity contribution in [3.63, 3.8) is 0 Å². The fourth-order valence-electron chi connectivity index (χ4n) is 2.31. The van der Waals surface area contributed by atoms with Crippen LogP contribution in [0.1, 0.15) is 37.6 Å². The van der Waals surface area contributed by atoms with E-state index in [-0.39, 0.29) is 21.6 Å². The monoisotopic (exact) mass is 312 g/mol. The third kappa shape index (κ3) is 3.53.